The Hall–Kier alpha value is -2.62. The van der Waals surface area contributed by atoms with Crippen molar-refractivity contribution in [2.75, 3.05) is 0 Å². The lowest BCUT2D eigenvalue weighted by Crippen LogP contribution is -2.42. The van der Waals surface area contributed by atoms with Crippen LogP contribution in [0.4, 0.5) is 4.79 Å². The monoisotopic (exact) mass is 549 g/mol. The number of carbonyl (C=O) groups excluding carboxylic acids is 2. The maximum Gasteiger partial charge on any atom is 0.408 e. The molecule has 1 N–H and O–H groups in total. The standard InChI is InChI=1S/C25H29Cl2N5O3S/c1-5-20(28-24(34)35-15-16-10-8-7-9-11-16)21(33)14-32-30-23(29-31-32)36-22-18(26)12-17(13-19(22)27)25(3,4)6-2/h7-13,20H,5-6,14-15H2,1-4H3,(H,28,34). The minimum Gasteiger partial charge on any atom is -0.445 e. The van der Waals surface area contributed by atoms with Crippen LogP contribution in [0.1, 0.15) is 51.7 Å². The molecular formula is C25H29Cl2N5O3S. The summed E-state index contributed by atoms with van der Waals surface area (Å²) in [5, 5.41) is 16.1. The summed E-state index contributed by atoms with van der Waals surface area (Å²) in [7, 11) is 0. The fourth-order valence-corrected chi connectivity index (χ4v) is 4.67. The number of hydrogen-bond donors (Lipinski definition) is 1. The van der Waals surface area contributed by atoms with Crippen LogP contribution in [-0.2, 0) is 28.1 Å². The van der Waals surface area contributed by atoms with Crippen molar-refractivity contribution in [1.82, 2.24) is 25.5 Å². The normalized spacial score (nSPS) is 12.3. The number of Topliss-reactive ketones (excluding diaryl/α,β-unsaturated/α-hetero) is 1. The number of carbonyl (C=O) groups is 2. The van der Waals surface area contributed by atoms with Crippen LogP contribution in [0.25, 0.3) is 0 Å². The molecule has 8 nitrogen and oxygen atoms in total. The highest BCUT2D eigenvalue weighted by molar-refractivity contribution is 7.99. The van der Waals surface area contributed by atoms with Gasteiger partial charge in [-0.1, -0.05) is 81.2 Å². The summed E-state index contributed by atoms with van der Waals surface area (Å²) in [6.45, 7) is 8.13. The van der Waals surface area contributed by atoms with Gasteiger partial charge in [-0.05, 0) is 58.5 Å². The van der Waals surface area contributed by atoms with Crippen molar-refractivity contribution in [2.24, 2.45) is 0 Å². The summed E-state index contributed by atoms with van der Waals surface area (Å²) in [6.07, 6.45) is 0.663. The summed E-state index contributed by atoms with van der Waals surface area (Å²) in [5.41, 5.74) is 1.84. The minimum absolute atomic E-state index is 0.0595. The maximum atomic E-state index is 12.7. The summed E-state index contributed by atoms with van der Waals surface area (Å²) >= 11 is 14.2. The van der Waals surface area contributed by atoms with Gasteiger partial charge in [-0.25, -0.2) is 4.79 Å². The van der Waals surface area contributed by atoms with Crippen molar-refractivity contribution < 1.29 is 14.3 Å². The average molecular weight is 551 g/mol. The highest BCUT2D eigenvalue weighted by atomic mass is 35.5. The van der Waals surface area contributed by atoms with Gasteiger partial charge in [0.2, 0.25) is 5.16 Å². The van der Waals surface area contributed by atoms with Crippen molar-refractivity contribution in [1.29, 1.82) is 0 Å². The highest BCUT2D eigenvalue weighted by Gasteiger charge is 2.23. The number of benzene rings is 2. The van der Waals surface area contributed by atoms with Gasteiger partial charge < -0.3 is 10.1 Å². The van der Waals surface area contributed by atoms with Crippen molar-refractivity contribution in [3.63, 3.8) is 0 Å². The van der Waals surface area contributed by atoms with Crippen molar-refractivity contribution >= 4 is 46.8 Å². The van der Waals surface area contributed by atoms with E-state index in [1.54, 1.807) is 6.92 Å². The lowest BCUT2D eigenvalue weighted by atomic mass is 9.82. The van der Waals surface area contributed by atoms with Gasteiger partial charge in [0.15, 0.2) is 5.78 Å². The number of aromatic nitrogens is 4. The topological polar surface area (TPSA) is 99.0 Å². The molecule has 2 aromatic carbocycles. The van der Waals surface area contributed by atoms with Crippen LogP contribution in [-0.4, -0.2) is 38.1 Å². The lowest BCUT2D eigenvalue weighted by molar-refractivity contribution is -0.122. The van der Waals surface area contributed by atoms with Crippen LogP contribution in [0, 0.1) is 0 Å². The van der Waals surface area contributed by atoms with E-state index in [4.69, 9.17) is 27.9 Å². The zero-order valence-corrected chi connectivity index (χ0v) is 23.0. The predicted octanol–water partition coefficient (Wildman–Crippen LogP) is 6.09. The number of alkyl carbamates (subject to hydrolysis) is 1. The number of nitrogens with one attached hydrogen (secondary N) is 1. The zero-order valence-electron chi connectivity index (χ0n) is 20.6. The van der Waals surface area contributed by atoms with Crippen molar-refractivity contribution in [3.05, 3.63) is 63.6 Å². The average Bonchev–Trinajstić information content (AvgIpc) is 3.30. The maximum absolute atomic E-state index is 12.7. The SMILES string of the molecule is CCC(NC(=O)OCc1ccccc1)C(=O)Cn1nnc(Sc2c(Cl)cc(C(C)(C)CC)cc2Cl)n1. The van der Waals surface area contributed by atoms with Crippen LogP contribution in [0.5, 0.6) is 0 Å². The zero-order chi connectivity index (χ0) is 26.3. The van der Waals surface area contributed by atoms with E-state index < -0.39 is 12.1 Å². The van der Waals surface area contributed by atoms with E-state index in [9.17, 15) is 9.59 Å². The molecule has 0 spiro atoms. The molecule has 0 aliphatic rings. The molecule has 0 fully saturated rings. The van der Waals surface area contributed by atoms with Crippen LogP contribution >= 0.6 is 35.0 Å². The molecule has 0 saturated carbocycles. The number of tetrazole rings is 1. The second kappa shape index (κ2) is 12.6. The molecule has 0 aliphatic carbocycles. The summed E-state index contributed by atoms with van der Waals surface area (Å²) < 4.78 is 5.21. The molecular weight excluding hydrogens is 521 g/mol. The second-order valence-electron chi connectivity index (χ2n) is 8.84. The number of ether oxygens (including phenoxy) is 1. The van der Waals surface area contributed by atoms with Crippen LogP contribution in [0.15, 0.2) is 52.5 Å². The molecule has 3 aromatic rings. The van der Waals surface area contributed by atoms with Crippen LogP contribution in [0.3, 0.4) is 0 Å². The van der Waals surface area contributed by atoms with Gasteiger partial charge in [-0.15, -0.1) is 10.2 Å². The van der Waals surface area contributed by atoms with Crippen LogP contribution < -0.4 is 5.32 Å². The fourth-order valence-electron chi connectivity index (χ4n) is 3.25. The van der Waals surface area contributed by atoms with E-state index >= 15 is 0 Å². The largest absolute Gasteiger partial charge is 0.445 e. The molecule has 0 saturated heterocycles. The molecule has 3 rings (SSSR count). The lowest BCUT2D eigenvalue weighted by Gasteiger charge is -2.24. The third-order valence-electron chi connectivity index (χ3n) is 5.89. The number of rotatable bonds is 11. The second-order valence-corrected chi connectivity index (χ2v) is 10.6. The number of amides is 1. The first-order chi connectivity index (χ1) is 17.1. The third kappa shape index (κ3) is 7.44. The molecule has 1 amide bonds. The van der Waals surface area contributed by atoms with Gasteiger partial charge in [0, 0.05) is 0 Å². The Labute approximate surface area is 225 Å². The summed E-state index contributed by atoms with van der Waals surface area (Å²) in [4.78, 5) is 26.7. The molecule has 0 bridgehead atoms. The number of hydrogen-bond acceptors (Lipinski definition) is 7. The molecule has 36 heavy (non-hydrogen) atoms. The molecule has 0 radical (unpaired) electrons. The Balaban J connectivity index is 1.59. The number of halogens is 2. The van der Waals surface area contributed by atoms with E-state index in [0.29, 0.717) is 26.5 Å². The number of ketones is 1. The highest BCUT2D eigenvalue weighted by Crippen LogP contribution is 2.41. The van der Waals surface area contributed by atoms with Crippen molar-refractivity contribution in [2.45, 2.75) is 75.2 Å². The first-order valence-electron chi connectivity index (χ1n) is 11.6. The van der Waals surface area contributed by atoms with E-state index in [1.165, 1.54) is 16.6 Å². The minimum atomic E-state index is -0.742. The van der Waals surface area contributed by atoms with E-state index in [0.717, 1.165) is 17.5 Å². The number of nitrogens with zero attached hydrogens (tertiary/aromatic N) is 4. The smallest absolute Gasteiger partial charge is 0.408 e. The fraction of sp³-hybridized carbons (Fsp3) is 0.400. The van der Waals surface area contributed by atoms with Gasteiger partial charge in [0.25, 0.3) is 0 Å². The molecule has 1 atom stereocenters. The quantitative estimate of drug-likeness (QED) is 0.308. The van der Waals surface area contributed by atoms with Gasteiger partial charge >= 0.3 is 6.09 Å². The molecule has 0 aliphatic heterocycles. The molecule has 1 unspecified atom stereocenters. The van der Waals surface area contributed by atoms with E-state index in [1.807, 2.05) is 42.5 Å². The molecule has 11 heteroatoms. The third-order valence-corrected chi connectivity index (χ3v) is 7.70. The first kappa shape index (κ1) is 28.0. The molecule has 192 valence electrons. The Morgan fingerprint density at radius 1 is 1.14 bits per heavy atom. The van der Waals surface area contributed by atoms with E-state index in [2.05, 4.69) is 41.5 Å². The van der Waals surface area contributed by atoms with Gasteiger partial charge in [0.05, 0.1) is 21.0 Å². The van der Waals surface area contributed by atoms with Gasteiger partial charge in [-0.2, -0.15) is 4.80 Å². The Kier molecular flexibility index (Phi) is 9.76. The van der Waals surface area contributed by atoms with Gasteiger partial charge in [0.1, 0.15) is 13.2 Å². The first-order valence-corrected chi connectivity index (χ1v) is 13.1. The van der Waals surface area contributed by atoms with Gasteiger partial charge in [-0.3, -0.25) is 4.79 Å². The molecule has 1 heterocycles. The van der Waals surface area contributed by atoms with Crippen LogP contribution in [0.2, 0.25) is 10.0 Å². The Bertz CT molecular complexity index is 1180. The summed E-state index contributed by atoms with van der Waals surface area (Å²) in [5.74, 6) is -0.273. The molecule has 1 aromatic heterocycles. The van der Waals surface area contributed by atoms with E-state index in [-0.39, 0.29) is 24.3 Å². The van der Waals surface area contributed by atoms with Crippen molar-refractivity contribution in [3.8, 4) is 0 Å². The Morgan fingerprint density at radius 2 is 1.81 bits per heavy atom. The summed E-state index contributed by atoms with van der Waals surface area (Å²) in [6, 6.07) is 12.4. The Morgan fingerprint density at radius 3 is 2.42 bits per heavy atom. The predicted molar refractivity (Wildman–Crippen MR) is 141 cm³/mol.